The molecule has 1 heterocycles. The topological polar surface area (TPSA) is 96.7 Å². The molecule has 0 spiro atoms. The lowest BCUT2D eigenvalue weighted by molar-refractivity contribution is -0.119. The van der Waals surface area contributed by atoms with Gasteiger partial charge in [0.05, 0.1) is 0 Å². The van der Waals surface area contributed by atoms with E-state index in [-0.39, 0.29) is 12.6 Å². The predicted molar refractivity (Wildman–Crippen MR) is 113 cm³/mol. The number of hydrogen-bond acceptors (Lipinski definition) is 4. The van der Waals surface area contributed by atoms with Crippen molar-refractivity contribution in [1.82, 2.24) is 10.2 Å². The monoisotopic (exact) mass is 396 g/mol. The van der Waals surface area contributed by atoms with Crippen molar-refractivity contribution in [2.24, 2.45) is 11.7 Å². The molecule has 0 saturated carbocycles. The minimum absolute atomic E-state index is 0.170. The molecule has 0 aliphatic carbocycles. The minimum atomic E-state index is -0.530. The van der Waals surface area contributed by atoms with Gasteiger partial charge in [-0.25, -0.2) is 4.79 Å². The van der Waals surface area contributed by atoms with E-state index in [0.29, 0.717) is 23.9 Å². The van der Waals surface area contributed by atoms with E-state index in [1.807, 2.05) is 6.07 Å². The number of nitrogens with one attached hydrogen (secondary N) is 2. The molecule has 3 amide bonds. The van der Waals surface area contributed by atoms with Crippen molar-refractivity contribution >= 4 is 17.6 Å². The summed E-state index contributed by atoms with van der Waals surface area (Å²) in [4.78, 5) is 25.3. The molecule has 1 aliphatic heterocycles. The van der Waals surface area contributed by atoms with Gasteiger partial charge >= 0.3 is 6.03 Å². The molecule has 0 bridgehead atoms. The summed E-state index contributed by atoms with van der Waals surface area (Å²) >= 11 is 0. The van der Waals surface area contributed by atoms with Crippen LogP contribution >= 0.6 is 0 Å². The van der Waals surface area contributed by atoms with Crippen LogP contribution in [0.25, 0.3) is 0 Å². The van der Waals surface area contributed by atoms with Gasteiger partial charge in [-0.1, -0.05) is 30.3 Å². The van der Waals surface area contributed by atoms with E-state index >= 15 is 0 Å². The van der Waals surface area contributed by atoms with Crippen molar-refractivity contribution < 1.29 is 14.3 Å². The Labute approximate surface area is 171 Å². The zero-order chi connectivity index (χ0) is 20.5. The van der Waals surface area contributed by atoms with Crippen LogP contribution in [0.15, 0.2) is 54.6 Å². The fourth-order valence-corrected chi connectivity index (χ4v) is 3.42. The minimum Gasteiger partial charge on any atom is -0.484 e. The first-order valence-electron chi connectivity index (χ1n) is 9.91. The van der Waals surface area contributed by atoms with Gasteiger partial charge in [-0.15, -0.1) is 0 Å². The van der Waals surface area contributed by atoms with E-state index in [0.717, 1.165) is 32.5 Å². The molecule has 1 atom stereocenters. The van der Waals surface area contributed by atoms with Gasteiger partial charge < -0.3 is 26.0 Å². The van der Waals surface area contributed by atoms with Gasteiger partial charge in [0.1, 0.15) is 5.75 Å². The Hall–Kier alpha value is -3.06. The van der Waals surface area contributed by atoms with Crippen LogP contribution in [0.4, 0.5) is 10.5 Å². The molecule has 0 aromatic heterocycles. The second-order valence-electron chi connectivity index (χ2n) is 7.31. The van der Waals surface area contributed by atoms with E-state index < -0.39 is 5.91 Å². The van der Waals surface area contributed by atoms with E-state index in [1.165, 1.54) is 5.56 Å². The van der Waals surface area contributed by atoms with Crippen molar-refractivity contribution in [2.45, 2.75) is 12.8 Å². The number of hydrogen-bond donors (Lipinski definition) is 3. The molecule has 1 saturated heterocycles. The molecule has 1 unspecified atom stereocenters. The lowest BCUT2D eigenvalue weighted by Gasteiger charge is -2.16. The normalized spacial score (nSPS) is 16.3. The number of amides is 3. The van der Waals surface area contributed by atoms with Gasteiger partial charge in [-0.3, -0.25) is 4.79 Å². The fraction of sp³-hybridized carbons (Fsp3) is 0.364. The van der Waals surface area contributed by atoms with Crippen LogP contribution in [0, 0.1) is 5.92 Å². The van der Waals surface area contributed by atoms with Crippen molar-refractivity contribution in [3.05, 3.63) is 60.2 Å². The summed E-state index contributed by atoms with van der Waals surface area (Å²) in [6.07, 6.45) is 2.15. The van der Waals surface area contributed by atoms with Gasteiger partial charge in [0.15, 0.2) is 6.61 Å². The summed E-state index contributed by atoms with van der Waals surface area (Å²) in [5.74, 6) is 0.467. The largest absolute Gasteiger partial charge is 0.484 e. The highest BCUT2D eigenvalue weighted by molar-refractivity contribution is 5.89. The SMILES string of the molecule is NC(=O)COc1ccc(NC(=O)NCC2CCN(CCc3ccccc3)C2)cc1. The van der Waals surface area contributed by atoms with Crippen LogP contribution in [0.2, 0.25) is 0 Å². The van der Waals surface area contributed by atoms with E-state index in [1.54, 1.807) is 24.3 Å². The number of carbonyl (C=O) groups is 2. The van der Waals surface area contributed by atoms with Crippen molar-refractivity contribution in [3.8, 4) is 5.75 Å². The second kappa shape index (κ2) is 10.5. The summed E-state index contributed by atoms with van der Waals surface area (Å²) in [6, 6.07) is 17.1. The Morgan fingerprint density at radius 3 is 2.59 bits per heavy atom. The molecule has 3 rings (SSSR count). The van der Waals surface area contributed by atoms with Gasteiger partial charge in [0, 0.05) is 25.3 Å². The molecule has 7 nitrogen and oxygen atoms in total. The maximum Gasteiger partial charge on any atom is 0.319 e. The first kappa shape index (κ1) is 20.7. The number of likely N-dealkylation sites (tertiary alicyclic amines) is 1. The third-order valence-electron chi connectivity index (χ3n) is 4.97. The van der Waals surface area contributed by atoms with Crippen LogP contribution in [0.5, 0.6) is 5.75 Å². The van der Waals surface area contributed by atoms with Crippen LogP contribution in [-0.4, -0.2) is 49.6 Å². The molecule has 29 heavy (non-hydrogen) atoms. The number of anilines is 1. The number of rotatable bonds is 9. The number of urea groups is 1. The van der Waals surface area contributed by atoms with Crippen LogP contribution in [0.3, 0.4) is 0 Å². The van der Waals surface area contributed by atoms with Crippen molar-refractivity contribution in [3.63, 3.8) is 0 Å². The van der Waals surface area contributed by atoms with Crippen molar-refractivity contribution in [2.75, 3.05) is 38.1 Å². The number of carbonyl (C=O) groups excluding carboxylic acids is 2. The first-order valence-corrected chi connectivity index (χ1v) is 9.91. The summed E-state index contributed by atoms with van der Waals surface area (Å²) in [5.41, 5.74) is 7.06. The summed E-state index contributed by atoms with van der Waals surface area (Å²) < 4.78 is 5.19. The average Bonchev–Trinajstić information content (AvgIpc) is 3.19. The molecule has 154 valence electrons. The van der Waals surface area contributed by atoms with E-state index in [9.17, 15) is 9.59 Å². The summed E-state index contributed by atoms with van der Waals surface area (Å²) in [5, 5.41) is 5.76. The van der Waals surface area contributed by atoms with Gasteiger partial charge in [0.25, 0.3) is 5.91 Å². The Bertz CT molecular complexity index is 795. The average molecular weight is 396 g/mol. The Balaban J connectivity index is 1.34. The maximum atomic E-state index is 12.1. The maximum absolute atomic E-state index is 12.1. The standard InChI is InChI=1S/C22H28N4O3/c23-21(27)16-29-20-8-6-19(7-9-20)25-22(28)24-14-18-11-13-26(15-18)12-10-17-4-2-1-3-5-17/h1-9,18H,10-16H2,(H2,23,27)(H2,24,25,28). The molecule has 0 radical (unpaired) electrons. The molecule has 7 heteroatoms. The van der Waals surface area contributed by atoms with Crippen LogP contribution < -0.4 is 21.1 Å². The Morgan fingerprint density at radius 2 is 1.86 bits per heavy atom. The number of ether oxygens (including phenoxy) is 1. The van der Waals surface area contributed by atoms with Gasteiger partial charge in [0.2, 0.25) is 0 Å². The predicted octanol–water partition coefficient (Wildman–Crippen LogP) is 2.24. The summed E-state index contributed by atoms with van der Waals surface area (Å²) in [6.45, 7) is 3.63. The third-order valence-corrected chi connectivity index (χ3v) is 4.97. The van der Waals surface area contributed by atoms with E-state index in [4.69, 9.17) is 10.5 Å². The van der Waals surface area contributed by atoms with Crippen LogP contribution in [0.1, 0.15) is 12.0 Å². The molecular weight excluding hydrogens is 368 g/mol. The van der Waals surface area contributed by atoms with Crippen LogP contribution in [-0.2, 0) is 11.2 Å². The Kier molecular flexibility index (Phi) is 7.47. The lowest BCUT2D eigenvalue weighted by Crippen LogP contribution is -2.34. The van der Waals surface area contributed by atoms with Gasteiger partial charge in [-0.2, -0.15) is 0 Å². The molecule has 1 aliphatic rings. The smallest absolute Gasteiger partial charge is 0.319 e. The highest BCUT2D eigenvalue weighted by Crippen LogP contribution is 2.17. The lowest BCUT2D eigenvalue weighted by atomic mass is 10.1. The van der Waals surface area contributed by atoms with Gasteiger partial charge in [-0.05, 0) is 55.1 Å². The number of nitrogens with zero attached hydrogens (tertiary/aromatic N) is 1. The number of benzene rings is 2. The van der Waals surface area contributed by atoms with E-state index in [2.05, 4.69) is 39.8 Å². The number of primary amides is 1. The molecule has 2 aromatic rings. The Morgan fingerprint density at radius 1 is 1.10 bits per heavy atom. The second-order valence-corrected chi connectivity index (χ2v) is 7.31. The zero-order valence-corrected chi connectivity index (χ0v) is 16.5. The summed E-state index contributed by atoms with van der Waals surface area (Å²) in [7, 11) is 0. The molecule has 4 N–H and O–H groups in total. The molecule has 1 fully saturated rings. The van der Waals surface area contributed by atoms with Crippen molar-refractivity contribution in [1.29, 1.82) is 0 Å². The highest BCUT2D eigenvalue weighted by Gasteiger charge is 2.22. The quantitative estimate of drug-likeness (QED) is 0.606. The highest BCUT2D eigenvalue weighted by atomic mass is 16.5. The number of nitrogens with two attached hydrogens (primary N) is 1. The zero-order valence-electron chi connectivity index (χ0n) is 16.5. The first-order chi connectivity index (χ1) is 14.1. The molecular formula is C22H28N4O3. The fourth-order valence-electron chi connectivity index (χ4n) is 3.42. The third kappa shape index (κ3) is 7.12. The molecule has 2 aromatic carbocycles.